The molecule has 0 fully saturated rings. The number of alkyl halides is 2. The average molecular weight is 1640 g/mol. The molecule has 16 N–H and O–H groups in total. The number of unbranched alkanes of at least 4 members (excludes halogenated alkanes) is 10. The van der Waals surface area contributed by atoms with Crippen LogP contribution in [0.1, 0.15) is 162 Å². The first-order valence-electron chi connectivity index (χ1n) is 38.5. The molecule has 9 aromatic carbocycles. The van der Waals surface area contributed by atoms with Gasteiger partial charge in [-0.05, 0) is 209 Å². The Hall–Kier alpha value is -14.0. The third-order valence-electron chi connectivity index (χ3n) is 17.0. The molecule has 9 amide bonds. The van der Waals surface area contributed by atoms with Crippen molar-refractivity contribution < 1.29 is 71.7 Å². The van der Waals surface area contributed by atoms with Crippen LogP contribution in [0.3, 0.4) is 0 Å². The van der Waals surface area contributed by atoms with Gasteiger partial charge >= 0.3 is 24.1 Å². The van der Waals surface area contributed by atoms with Crippen molar-refractivity contribution in [3.63, 3.8) is 0 Å². The molecule has 0 saturated carbocycles. The molecular weight excluding hydrogens is 1530 g/mol. The van der Waals surface area contributed by atoms with E-state index in [-0.39, 0.29) is 30.0 Å². The van der Waals surface area contributed by atoms with E-state index in [1.54, 1.807) is 99.0 Å². The van der Waals surface area contributed by atoms with Crippen LogP contribution in [0.2, 0.25) is 0 Å². The number of nitrogens with zero attached hydrogens (tertiary/aromatic N) is 1. The van der Waals surface area contributed by atoms with Crippen LogP contribution in [0, 0.1) is 30.9 Å². The van der Waals surface area contributed by atoms with Crippen LogP contribution in [0.5, 0.6) is 5.75 Å². The van der Waals surface area contributed by atoms with Gasteiger partial charge in [-0.2, -0.15) is 8.78 Å². The van der Waals surface area contributed by atoms with E-state index >= 15 is 0 Å². The number of hydrogen-bond acceptors (Lipinski definition) is 20. The van der Waals surface area contributed by atoms with Crippen molar-refractivity contribution in [2.24, 2.45) is 0 Å². The van der Waals surface area contributed by atoms with E-state index in [9.17, 15) is 62.0 Å². The number of nitro groups is 1. The fourth-order valence-corrected chi connectivity index (χ4v) is 10.5. The highest BCUT2D eigenvalue weighted by Gasteiger charge is 2.17. The molecule has 0 radical (unpaired) electrons. The molecule has 30 nitrogen and oxygen atoms in total. The maximum atomic E-state index is 12.8. The number of carbonyl (C=O) groups is 9. The number of methoxy groups -OCH3 is 1. The van der Waals surface area contributed by atoms with E-state index in [1.165, 1.54) is 106 Å². The standard InChI is InChI=1S/C23H31N3O3.C16H26N2O.C14H13N3O3.C14H13N3O2.C11H15N3O2.C9H10F2N2O3/c1-3-4-5-6-7-8-9-18-10-15-22(29-2)21(16-18)23(28)25-19-11-13-20(14-12-19)26-24-17-27;1-3-4-5-6-7-8-9-15-12-16(18-17-13-19)11-10-14(15)2;1-10-2-6-12(7-3-10)15-16-14(18)11-4-8-13(9-5-11)17(19)20;18-10-15-17-13-8-6-12(7-9-13)16-14(19)11-4-2-1-3-5-11;1-3-12-10(15)11(16)14-13-9-6-4-8(2)5-7-9;10-8(11)9(14)13-12-7-3-1-6(2-4-7)5-16-15/h10-17,26H,3-9H2,1-2H3,(H,24,27)(H,25,28);10-13,18H,3-9H2,1-2H3,(H,17,19);2-9,15H,1H3,(H,16,18);1-10,17H,(H,15,18)(H,16,19);4-7,13H,3H2,1-2H3,(H,12,15)(H,14,16);1-4,8,12,15H,5H2,(H,13,14). The average Bonchev–Trinajstić information content (AvgIpc) is 0.830. The fraction of sp³-hybridized carbons (Fsp3) is 0.276. The summed E-state index contributed by atoms with van der Waals surface area (Å²) in [6, 6.07) is 61.7. The number of anilines is 8. The molecule has 0 unspecified atom stereocenters. The van der Waals surface area contributed by atoms with Gasteiger partial charge in [0.2, 0.25) is 19.2 Å². The number of nitrogens with one attached hydrogen (secondary N) is 15. The largest absolute Gasteiger partial charge is 0.496 e. The normalized spacial score (nSPS) is 9.94. The van der Waals surface area contributed by atoms with Crippen LogP contribution >= 0.6 is 0 Å². The first-order valence-corrected chi connectivity index (χ1v) is 38.5. The van der Waals surface area contributed by atoms with E-state index in [0.717, 1.165) is 58.7 Å². The van der Waals surface area contributed by atoms with E-state index in [1.807, 2.05) is 110 Å². The van der Waals surface area contributed by atoms with Gasteiger partial charge in [-0.3, -0.25) is 124 Å². The van der Waals surface area contributed by atoms with E-state index in [0.29, 0.717) is 76.5 Å². The Bertz CT molecular complexity index is 4500. The highest BCUT2D eigenvalue weighted by Crippen LogP contribution is 2.25. The number of nitro benzene ring substituents is 1. The number of benzene rings is 9. The Kier molecular flexibility index (Phi) is 47.4. The molecule has 9 aromatic rings. The minimum absolute atomic E-state index is 0.0314. The van der Waals surface area contributed by atoms with Crippen molar-refractivity contribution in [2.75, 3.05) is 56.8 Å². The van der Waals surface area contributed by atoms with E-state index in [4.69, 9.17) is 9.99 Å². The van der Waals surface area contributed by atoms with Crippen LogP contribution < -0.4 is 85.8 Å². The summed E-state index contributed by atoms with van der Waals surface area (Å²) >= 11 is 0. The lowest BCUT2D eigenvalue weighted by molar-refractivity contribution is -0.384. The van der Waals surface area contributed by atoms with Crippen molar-refractivity contribution in [1.29, 1.82) is 0 Å². The van der Waals surface area contributed by atoms with Crippen LogP contribution in [-0.4, -0.2) is 84.9 Å². The molecule has 32 heteroatoms. The quantitative estimate of drug-likeness (QED) is 0.00423. The van der Waals surface area contributed by atoms with Crippen LogP contribution in [0.4, 0.5) is 60.0 Å². The Morgan fingerprint density at radius 1 is 0.445 bits per heavy atom. The summed E-state index contributed by atoms with van der Waals surface area (Å²) in [7, 11) is 1.57. The molecule has 0 bridgehead atoms. The molecule has 634 valence electrons. The van der Waals surface area contributed by atoms with Crippen LogP contribution in [0.25, 0.3) is 0 Å². The number of aryl methyl sites for hydroxylation is 5. The number of hydrazine groups is 6. The second kappa shape index (κ2) is 57.9. The minimum Gasteiger partial charge on any atom is -0.496 e. The Morgan fingerprint density at radius 2 is 0.874 bits per heavy atom. The molecule has 0 aliphatic heterocycles. The van der Waals surface area contributed by atoms with Gasteiger partial charge in [-0.15, -0.1) is 0 Å². The van der Waals surface area contributed by atoms with Crippen molar-refractivity contribution in [3.05, 3.63) is 273 Å². The van der Waals surface area contributed by atoms with Crippen LogP contribution in [0.15, 0.2) is 212 Å². The van der Waals surface area contributed by atoms with Gasteiger partial charge < -0.3 is 20.7 Å². The van der Waals surface area contributed by atoms with E-state index < -0.39 is 29.1 Å². The lowest BCUT2D eigenvalue weighted by Gasteiger charge is -2.12. The number of amides is 9. The number of ether oxygens (including phenoxy) is 1. The summed E-state index contributed by atoms with van der Waals surface area (Å²) in [5, 5.41) is 26.8. The van der Waals surface area contributed by atoms with Crippen molar-refractivity contribution in [3.8, 4) is 5.75 Å². The first-order chi connectivity index (χ1) is 57.6. The molecule has 0 saturated heterocycles. The Morgan fingerprint density at radius 3 is 1.36 bits per heavy atom. The Labute approximate surface area is 691 Å². The zero-order valence-electron chi connectivity index (χ0n) is 67.8. The van der Waals surface area contributed by atoms with Gasteiger partial charge in [0.15, 0.2) is 0 Å². The van der Waals surface area contributed by atoms with Crippen molar-refractivity contribution in [1.82, 2.24) is 37.9 Å². The highest BCUT2D eigenvalue weighted by molar-refractivity contribution is 6.35. The number of hydrogen-bond donors (Lipinski definition) is 16. The van der Waals surface area contributed by atoms with Crippen LogP contribution in [-0.2, 0) is 53.1 Å². The predicted molar refractivity (Wildman–Crippen MR) is 461 cm³/mol. The van der Waals surface area contributed by atoms with Gasteiger partial charge in [-0.1, -0.05) is 156 Å². The molecule has 0 aliphatic rings. The smallest absolute Gasteiger partial charge is 0.327 e. The lowest BCUT2D eigenvalue weighted by Crippen LogP contribution is -2.42. The van der Waals surface area contributed by atoms with Crippen molar-refractivity contribution >= 4 is 106 Å². The summed E-state index contributed by atoms with van der Waals surface area (Å²) in [6.07, 6.45) is 16.2. The summed E-state index contributed by atoms with van der Waals surface area (Å²) < 4.78 is 29.0. The molecule has 9 rings (SSSR count). The van der Waals surface area contributed by atoms with Gasteiger partial charge in [0.1, 0.15) is 12.4 Å². The highest BCUT2D eigenvalue weighted by atomic mass is 19.3. The van der Waals surface area contributed by atoms with Gasteiger partial charge in [0.05, 0.1) is 51.7 Å². The molecule has 0 aliphatic carbocycles. The van der Waals surface area contributed by atoms with Gasteiger partial charge in [0, 0.05) is 41.2 Å². The number of carbonyl (C=O) groups excluding carboxylic acids is 9. The second-order valence-corrected chi connectivity index (χ2v) is 26.2. The topological polar surface area (TPSA) is 416 Å². The molecule has 0 atom stereocenters. The lowest BCUT2D eigenvalue weighted by atomic mass is 10.0. The number of likely N-dealkylation sites (N-methyl/N-ethyl adjacent to an activating group) is 1. The molecule has 0 heterocycles. The maximum absolute atomic E-state index is 12.8. The monoisotopic (exact) mass is 1640 g/mol. The number of non-ortho nitro benzene ring substituents is 1. The third-order valence-corrected chi connectivity index (χ3v) is 17.0. The zero-order valence-corrected chi connectivity index (χ0v) is 67.8. The minimum atomic E-state index is -3.06. The van der Waals surface area contributed by atoms with E-state index in [2.05, 4.69) is 113 Å². The van der Waals surface area contributed by atoms with Gasteiger partial charge in [-0.25, -0.2) is 4.89 Å². The first kappa shape index (κ1) is 97.4. The molecule has 119 heavy (non-hydrogen) atoms. The number of halogens is 2. The summed E-state index contributed by atoms with van der Waals surface area (Å²) in [5.41, 5.74) is 43.7. The fourth-order valence-electron chi connectivity index (χ4n) is 10.5. The number of rotatable bonds is 40. The van der Waals surface area contributed by atoms with Crippen molar-refractivity contribution in [2.45, 2.75) is 144 Å². The third kappa shape index (κ3) is 40.7. The predicted octanol–water partition coefficient (Wildman–Crippen LogP) is 15.5. The molecular formula is C87H108F2N16O14. The second-order valence-electron chi connectivity index (χ2n) is 26.2. The maximum Gasteiger partial charge on any atom is 0.327 e. The Balaban J connectivity index is 0.000000304. The SMILES string of the molecule is CCCCCCCCc1cc(NNC=O)ccc1C.CCCCCCCCc1ccc(OC)c(C(=O)Nc2ccc(NNC=O)cc2)c1.CCNC(=O)C(=O)NNc1ccc(C)cc1.Cc1ccc(NNC(=O)c2ccc([N+](=O)[O-])cc2)cc1.O=C(NNc1ccc(COO)cc1)C(F)F.O=CNNc1ccc(NC(=O)c2ccccc2)cc1. The zero-order chi connectivity index (χ0) is 86.8. The molecule has 0 spiro atoms. The van der Waals surface area contributed by atoms with Gasteiger partial charge in [0.25, 0.3) is 23.4 Å². The molecule has 0 aromatic heterocycles. The summed E-state index contributed by atoms with van der Waals surface area (Å²) in [4.78, 5) is 114. The summed E-state index contributed by atoms with van der Waals surface area (Å²) in [5.74, 6) is -2.93. The summed E-state index contributed by atoms with van der Waals surface area (Å²) in [6.45, 7) is 12.8.